The molecule has 3 heterocycles. The van der Waals surface area contributed by atoms with Crippen LogP contribution in [-0.4, -0.2) is 24.1 Å². The van der Waals surface area contributed by atoms with Crippen molar-refractivity contribution in [3.05, 3.63) is 74.6 Å². The predicted molar refractivity (Wildman–Crippen MR) is 128 cm³/mol. The first-order valence-electron chi connectivity index (χ1n) is 9.47. The van der Waals surface area contributed by atoms with E-state index in [0.29, 0.717) is 38.8 Å². The van der Waals surface area contributed by atoms with Crippen LogP contribution in [0.1, 0.15) is 12.6 Å². The summed E-state index contributed by atoms with van der Waals surface area (Å²) in [5, 5.41) is 10.5. The summed E-state index contributed by atoms with van der Waals surface area (Å²) in [5.41, 5.74) is 2.28. The number of thioether (sulfide) groups is 1. The number of thiazole rings is 1. The summed E-state index contributed by atoms with van der Waals surface area (Å²) in [6.07, 6.45) is 0. The van der Waals surface area contributed by atoms with Crippen molar-refractivity contribution in [2.24, 2.45) is 0 Å². The molecule has 3 aromatic heterocycles. The Morgan fingerprint density at radius 1 is 1.10 bits per heavy atom. The van der Waals surface area contributed by atoms with Gasteiger partial charge in [0.2, 0.25) is 0 Å². The van der Waals surface area contributed by atoms with Crippen LogP contribution in [0.3, 0.4) is 0 Å². The maximum absolute atomic E-state index is 12.7. The lowest BCUT2D eigenvalue weighted by Crippen LogP contribution is -2.13. The van der Waals surface area contributed by atoms with Gasteiger partial charge in [-0.15, -0.1) is 10.2 Å². The van der Waals surface area contributed by atoms with Crippen LogP contribution in [0.25, 0.3) is 26.6 Å². The van der Waals surface area contributed by atoms with Crippen LogP contribution in [0.4, 0.5) is 0 Å². The first kappa shape index (κ1) is 20.5. The molecule has 156 valence electrons. The smallest absolute Gasteiger partial charge is 0.259 e. The number of halogens is 2. The molecule has 0 aliphatic carbocycles. The first-order chi connectivity index (χ1) is 15.0. The highest BCUT2D eigenvalue weighted by Crippen LogP contribution is 2.32. The van der Waals surface area contributed by atoms with E-state index in [1.165, 1.54) is 23.1 Å². The van der Waals surface area contributed by atoms with Crippen molar-refractivity contribution < 1.29 is 0 Å². The molecule has 0 saturated heterocycles. The third kappa shape index (κ3) is 3.74. The summed E-state index contributed by atoms with van der Waals surface area (Å²) < 4.78 is 4.68. The maximum Gasteiger partial charge on any atom is 0.259 e. The molecule has 0 aliphatic heterocycles. The zero-order chi connectivity index (χ0) is 21.5. The van der Waals surface area contributed by atoms with Crippen molar-refractivity contribution in [3.8, 4) is 11.4 Å². The van der Waals surface area contributed by atoms with Gasteiger partial charge in [-0.1, -0.05) is 58.4 Å². The third-order valence-electron chi connectivity index (χ3n) is 4.80. The normalized spacial score (nSPS) is 11.6. The molecular weight excluding hydrogens is 473 g/mol. The largest absolute Gasteiger partial charge is 0.302 e. The molecule has 5 rings (SSSR count). The number of rotatable bonds is 5. The summed E-state index contributed by atoms with van der Waals surface area (Å²) in [7, 11) is 0. The average molecular weight is 488 g/mol. The predicted octanol–water partition coefficient (Wildman–Crippen LogP) is 5.79. The van der Waals surface area contributed by atoms with Gasteiger partial charge in [0.15, 0.2) is 15.9 Å². The van der Waals surface area contributed by atoms with Crippen molar-refractivity contribution >= 4 is 61.5 Å². The summed E-state index contributed by atoms with van der Waals surface area (Å²) in [4.78, 5) is 18.1. The molecule has 0 unspecified atom stereocenters. The Bertz CT molecular complexity index is 1490. The van der Waals surface area contributed by atoms with Crippen LogP contribution in [-0.2, 0) is 12.3 Å². The Morgan fingerprint density at radius 3 is 2.74 bits per heavy atom. The van der Waals surface area contributed by atoms with E-state index in [9.17, 15) is 4.79 Å². The highest BCUT2D eigenvalue weighted by molar-refractivity contribution is 7.98. The summed E-state index contributed by atoms with van der Waals surface area (Å²) in [6.45, 7) is 2.70. The highest BCUT2D eigenvalue weighted by Gasteiger charge is 2.17. The molecule has 0 spiro atoms. The maximum atomic E-state index is 12.7. The van der Waals surface area contributed by atoms with Gasteiger partial charge in [0.1, 0.15) is 0 Å². The third-order valence-corrected chi connectivity index (χ3v) is 7.37. The monoisotopic (exact) mass is 487 g/mol. The first-order valence-corrected chi connectivity index (χ1v) is 12.0. The Morgan fingerprint density at radius 2 is 1.94 bits per heavy atom. The van der Waals surface area contributed by atoms with Crippen LogP contribution < -0.4 is 5.56 Å². The minimum Gasteiger partial charge on any atom is -0.302 e. The van der Waals surface area contributed by atoms with E-state index in [-0.39, 0.29) is 5.56 Å². The van der Waals surface area contributed by atoms with Crippen LogP contribution in [0.5, 0.6) is 0 Å². The van der Waals surface area contributed by atoms with E-state index in [1.54, 1.807) is 22.6 Å². The lowest BCUT2D eigenvalue weighted by Gasteiger charge is -2.08. The number of hydrogen-bond donors (Lipinski definition) is 0. The fourth-order valence-electron chi connectivity index (χ4n) is 3.39. The SMILES string of the molecule is CCn1c(SCc2cc(=O)n3c(n2)sc2ccccc23)nnc1-c1ccc(Cl)cc1Cl. The molecule has 0 aliphatic rings. The van der Waals surface area contributed by atoms with Crippen molar-refractivity contribution in [2.45, 2.75) is 24.4 Å². The molecule has 0 fully saturated rings. The number of aromatic nitrogens is 5. The fraction of sp³-hybridized carbons (Fsp3) is 0.143. The molecule has 2 aromatic carbocycles. The van der Waals surface area contributed by atoms with E-state index < -0.39 is 0 Å². The standard InChI is InChI=1S/C21H15Cl2N5OS2/c1-2-27-19(14-8-7-12(22)9-15(14)23)25-26-21(27)30-11-13-10-18(29)28-16-5-3-4-6-17(16)31-20(28)24-13/h3-10H,2,11H2,1H3. The molecule has 0 bridgehead atoms. The van der Waals surface area contributed by atoms with Gasteiger partial charge in [-0.3, -0.25) is 9.20 Å². The summed E-state index contributed by atoms with van der Waals surface area (Å²) in [6, 6.07) is 14.7. The van der Waals surface area contributed by atoms with Crippen molar-refractivity contribution in [3.63, 3.8) is 0 Å². The molecule has 31 heavy (non-hydrogen) atoms. The Kier molecular flexibility index (Phi) is 5.47. The van der Waals surface area contributed by atoms with Gasteiger partial charge in [-0.05, 0) is 37.3 Å². The van der Waals surface area contributed by atoms with Crippen LogP contribution in [0.2, 0.25) is 10.0 Å². The molecule has 0 radical (unpaired) electrons. The number of fused-ring (bicyclic) bond motifs is 3. The number of benzene rings is 2. The average Bonchev–Trinajstić information content (AvgIpc) is 3.33. The minimum absolute atomic E-state index is 0.0800. The Balaban J connectivity index is 1.46. The topological polar surface area (TPSA) is 65.1 Å². The molecular formula is C21H15Cl2N5OS2. The van der Waals surface area contributed by atoms with E-state index in [1.807, 2.05) is 41.8 Å². The second-order valence-electron chi connectivity index (χ2n) is 6.74. The zero-order valence-corrected chi connectivity index (χ0v) is 19.4. The lowest BCUT2D eigenvalue weighted by molar-refractivity contribution is 0.687. The van der Waals surface area contributed by atoms with Gasteiger partial charge in [0, 0.05) is 29.0 Å². The molecule has 0 N–H and O–H groups in total. The van der Waals surface area contributed by atoms with Crippen LogP contribution in [0.15, 0.2) is 58.5 Å². The molecule has 0 amide bonds. The van der Waals surface area contributed by atoms with Crippen molar-refractivity contribution in [2.75, 3.05) is 0 Å². The van der Waals surface area contributed by atoms with Crippen molar-refractivity contribution in [1.82, 2.24) is 24.1 Å². The molecule has 0 saturated carbocycles. The van der Waals surface area contributed by atoms with Crippen LogP contribution in [0, 0.1) is 0 Å². The number of hydrogen-bond acceptors (Lipinski definition) is 6. The van der Waals surface area contributed by atoms with Gasteiger partial charge in [0.25, 0.3) is 5.56 Å². The van der Waals surface area contributed by atoms with E-state index >= 15 is 0 Å². The second kappa shape index (κ2) is 8.27. The van der Waals surface area contributed by atoms with E-state index in [2.05, 4.69) is 10.2 Å². The van der Waals surface area contributed by atoms with Crippen molar-refractivity contribution in [1.29, 1.82) is 0 Å². The highest BCUT2D eigenvalue weighted by atomic mass is 35.5. The number of nitrogens with zero attached hydrogens (tertiary/aromatic N) is 5. The quantitative estimate of drug-likeness (QED) is 0.293. The molecule has 6 nitrogen and oxygen atoms in total. The second-order valence-corrected chi connectivity index (χ2v) is 9.53. The molecule has 0 atom stereocenters. The lowest BCUT2D eigenvalue weighted by atomic mass is 10.2. The fourth-order valence-corrected chi connectivity index (χ4v) is 5.82. The minimum atomic E-state index is -0.0800. The van der Waals surface area contributed by atoms with E-state index in [0.717, 1.165) is 20.9 Å². The van der Waals surface area contributed by atoms with Crippen LogP contribution >= 0.6 is 46.3 Å². The number of para-hydroxylation sites is 1. The summed E-state index contributed by atoms with van der Waals surface area (Å²) in [5.74, 6) is 1.19. The van der Waals surface area contributed by atoms with E-state index in [4.69, 9.17) is 28.2 Å². The molecule has 10 heteroatoms. The van der Waals surface area contributed by atoms with Gasteiger partial charge in [-0.2, -0.15) is 0 Å². The summed E-state index contributed by atoms with van der Waals surface area (Å²) >= 11 is 15.4. The van der Waals surface area contributed by atoms with Gasteiger partial charge < -0.3 is 4.57 Å². The van der Waals surface area contributed by atoms with Gasteiger partial charge >= 0.3 is 0 Å². The van der Waals surface area contributed by atoms with Gasteiger partial charge in [-0.25, -0.2) is 4.98 Å². The Hall–Kier alpha value is -2.39. The molecule has 5 aromatic rings. The van der Waals surface area contributed by atoms with Gasteiger partial charge in [0.05, 0.1) is 20.9 Å². The Labute approximate surface area is 195 Å². The zero-order valence-electron chi connectivity index (χ0n) is 16.2.